The molecule has 0 aromatic heterocycles. The van der Waals surface area contributed by atoms with Gasteiger partial charge in [-0.1, -0.05) is 13.8 Å². The fraction of sp³-hybridized carbons (Fsp3) is 0.909. The Kier molecular flexibility index (Phi) is 2.32. The van der Waals surface area contributed by atoms with Crippen molar-refractivity contribution in [1.29, 1.82) is 0 Å². The van der Waals surface area contributed by atoms with Crippen LogP contribution in [-0.2, 0) is 14.3 Å². The highest BCUT2D eigenvalue weighted by molar-refractivity contribution is 5.75. The largest absolute Gasteiger partial charge is 0.481 e. The second kappa shape index (κ2) is 3.19. The van der Waals surface area contributed by atoms with Crippen LogP contribution in [0.5, 0.6) is 0 Å². The van der Waals surface area contributed by atoms with E-state index >= 15 is 0 Å². The molecule has 2 fully saturated rings. The standard InChI is InChI=1S/C11H18O4/c1-10(2)7(8(10)9(12)13)6-11(3)14-4-5-15-11/h7-8H,4-6H2,1-3H3,(H,12,13)/t7-,8-/m0/s1. The average Bonchev–Trinajstić information content (AvgIpc) is 2.47. The van der Waals surface area contributed by atoms with Crippen LogP contribution >= 0.6 is 0 Å². The van der Waals surface area contributed by atoms with Gasteiger partial charge in [-0.3, -0.25) is 4.79 Å². The third kappa shape index (κ3) is 1.76. The first kappa shape index (κ1) is 10.9. The van der Waals surface area contributed by atoms with Crippen LogP contribution in [0.25, 0.3) is 0 Å². The van der Waals surface area contributed by atoms with E-state index in [0.29, 0.717) is 19.6 Å². The van der Waals surface area contributed by atoms with Gasteiger partial charge in [0.15, 0.2) is 5.79 Å². The topological polar surface area (TPSA) is 55.8 Å². The molecule has 0 unspecified atom stereocenters. The molecule has 86 valence electrons. The summed E-state index contributed by atoms with van der Waals surface area (Å²) in [7, 11) is 0. The summed E-state index contributed by atoms with van der Waals surface area (Å²) < 4.78 is 11.0. The van der Waals surface area contributed by atoms with Crippen molar-refractivity contribution < 1.29 is 19.4 Å². The zero-order valence-corrected chi connectivity index (χ0v) is 9.45. The highest BCUT2D eigenvalue weighted by Gasteiger charge is 2.63. The minimum absolute atomic E-state index is 0.121. The molecule has 0 radical (unpaired) electrons. The molecule has 0 bridgehead atoms. The van der Waals surface area contributed by atoms with Crippen LogP contribution in [0.15, 0.2) is 0 Å². The van der Waals surface area contributed by atoms with Gasteiger partial charge >= 0.3 is 5.97 Å². The van der Waals surface area contributed by atoms with Crippen molar-refractivity contribution in [2.75, 3.05) is 13.2 Å². The van der Waals surface area contributed by atoms with Gasteiger partial charge in [0.05, 0.1) is 19.1 Å². The molecule has 0 aromatic carbocycles. The molecule has 1 saturated heterocycles. The van der Waals surface area contributed by atoms with E-state index in [1.165, 1.54) is 0 Å². The fourth-order valence-corrected chi connectivity index (χ4v) is 2.69. The van der Waals surface area contributed by atoms with E-state index in [2.05, 4.69) is 0 Å². The summed E-state index contributed by atoms with van der Waals surface area (Å²) in [6.45, 7) is 7.11. The van der Waals surface area contributed by atoms with Gasteiger partial charge in [-0.25, -0.2) is 0 Å². The van der Waals surface area contributed by atoms with Crippen molar-refractivity contribution in [3.05, 3.63) is 0 Å². The van der Waals surface area contributed by atoms with Crippen LogP contribution < -0.4 is 0 Å². The molecular formula is C11H18O4. The van der Waals surface area contributed by atoms with E-state index in [4.69, 9.17) is 14.6 Å². The molecule has 2 atom stereocenters. The summed E-state index contributed by atoms with van der Waals surface area (Å²) in [5.41, 5.74) is -0.121. The number of ether oxygens (including phenoxy) is 2. The quantitative estimate of drug-likeness (QED) is 0.773. The monoisotopic (exact) mass is 214 g/mol. The SMILES string of the molecule is CC1(C[C@H]2[C@@H](C(=O)O)C2(C)C)OCCO1. The maximum absolute atomic E-state index is 11.0. The number of aliphatic carboxylic acids is 1. The summed E-state index contributed by atoms with van der Waals surface area (Å²) in [4.78, 5) is 11.0. The molecule has 1 heterocycles. The summed E-state index contributed by atoms with van der Waals surface area (Å²) in [6, 6.07) is 0. The predicted octanol–water partition coefficient (Wildman–Crippen LogP) is 1.50. The average molecular weight is 214 g/mol. The van der Waals surface area contributed by atoms with Crippen molar-refractivity contribution in [3.8, 4) is 0 Å². The summed E-state index contributed by atoms with van der Waals surface area (Å²) in [6.07, 6.45) is 0.678. The smallest absolute Gasteiger partial charge is 0.307 e. The molecule has 15 heavy (non-hydrogen) atoms. The van der Waals surface area contributed by atoms with Gasteiger partial charge in [0.1, 0.15) is 0 Å². The molecule has 4 heteroatoms. The van der Waals surface area contributed by atoms with E-state index in [-0.39, 0.29) is 17.3 Å². The Bertz CT molecular complexity index is 278. The maximum atomic E-state index is 11.0. The van der Waals surface area contributed by atoms with Crippen molar-refractivity contribution in [2.24, 2.45) is 17.3 Å². The van der Waals surface area contributed by atoms with Crippen molar-refractivity contribution >= 4 is 5.97 Å². The minimum Gasteiger partial charge on any atom is -0.481 e. The lowest BCUT2D eigenvalue weighted by molar-refractivity contribution is -0.152. The molecule has 0 aromatic rings. The first-order chi connectivity index (χ1) is 6.87. The second-order valence-electron chi connectivity index (χ2n) is 5.28. The fourth-order valence-electron chi connectivity index (χ4n) is 2.69. The molecular weight excluding hydrogens is 196 g/mol. The van der Waals surface area contributed by atoms with Crippen LogP contribution in [0.4, 0.5) is 0 Å². The molecule has 4 nitrogen and oxygen atoms in total. The Balaban J connectivity index is 1.99. The van der Waals surface area contributed by atoms with Crippen LogP contribution in [0, 0.1) is 17.3 Å². The van der Waals surface area contributed by atoms with Crippen LogP contribution in [-0.4, -0.2) is 30.1 Å². The Hall–Kier alpha value is -0.610. The zero-order chi connectivity index (χ0) is 11.3. The van der Waals surface area contributed by atoms with E-state index in [1.54, 1.807) is 0 Å². The summed E-state index contributed by atoms with van der Waals surface area (Å²) in [5.74, 6) is -1.35. The summed E-state index contributed by atoms with van der Waals surface area (Å²) >= 11 is 0. The molecule has 0 spiro atoms. The van der Waals surface area contributed by atoms with Gasteiger partial charge in [-0.05, 0) is 18.3 Å². The van der Waals surface area contributed by atoms with Gasteiger partial charge in [0.2, 0.25) is 0 Å². The molecule has 1 aliphatic heterocycles. The first-order valence-electron chi connectivity index (χ1n) is 5.37. The number of hydrogen-bond donors (Lipinski definition) is 1. The van der Waals surface area contributed by atoms with E-state index in [9.17, 15) is 4.79 Å². The van der Waals surface area contributed by atoms with Crippen LogP contribution in [0.1, 0.15) is 27.2 Å². The number of carboxylic acids is 1. The Morgan fingerprint density at radius 2 is 1.87 bits per heavy atom. The molecule has 1 saturated carbocycles. The first-order valence-corrected chi connectivity index (χ1v) is 5.37. The molecule has 0 amide bonds. The van der Waals surface area contributed by atoms with Crippen LogP contribution in [0.3, 0.4) is 0 Å². The van der Waals surface area contributed by atoms with E-state index < -0.39 is 11.8 Å². The summed E-state index contributed by atoms with van der Waals surface area (Å²) in [5, 5.41) is 9.04. The minimum atomic E-state index is -0.702. The lowest BCUT2D eigenvalue weighted by atomic mass is 10.0. The lowest BCUT2D eigenvalue weighted by Crippen LogP contribution is -2.27. The van der Waals surface area contributed by atoms with Gasteiger partial charge < -0.3 is 14.6 Å². The normalized spacial score (nSPS) is 36.5. The number of carboxylic acid groups (broad SMARTS) is 1. The van der Waals surface area contributed by atoms with Gasteiger partial charge in [0, 0.05) is 6.42 Å². The second-order valence-corrected chi connectivity index (χ2v) is 5.28. The maximum Gasteiger partial charge on any atom is 0.307 e. The molecule has 1 N–H and O–H groups in total. The third-order valence-corrected chi connectivity index (χ3v) is 3.81. The molecule has 2 aliphatic rings. The Labute approximate surface area is 89.6 Å². The molecule has 2 rings (SSSR count). The third-order valence-electron chi connectivity index (χ3n) is 3.81. The Morgan fingerprint density at radius 1 is 1.33 bits per heavy atom. The van der Waals surface area contributed by atoms with Gasteiger partial charge in [0.25, 0.3) is 0 Å². The number of rotatable bonds is 3. The Morgan fingerprint density at radius 3 is 2.27 bits per heavy atom. The predicted molar refractivity (Wildman–Crippen MR) is 53.3 cm³/mol. The lowest BCUT2D eigenvalue weighted by Gasteiger charge is -2.22. The number of hydrogen-bond acceptors (Lipinski definition) is 3. The van der Waals surface area contributed by atoms with E-state index in [0.717, 1.165) is 0 Å². The van der Waals surface area contributed by atoms with Gasteiger partial charge in [-0.2, -0.15) is 0 Å². The van der Waals surface area contributed by atoms with Crippen molar-refractivity contribution in [3.63, 3.8) is 0 Å². The van der Waals surface area contributed by atoms with Gasteiger partial charge in [-0.15, -0.1) is 0 Å². The van der Waals surface area contributed by atoms with Crippen molar-refractivity contribution in [1.82, 2.24) is 0 Å². The zero-order valence-electron chi connectivity index (χ0n) is 9.45. The highest BCUT2D eigenvalue weighted by atomic mass is 16.7. The van der Waals surface area contributed by atoms with Crippen LogP contribution in [0.2, 0.25) is 0 Å². The van der Waals surface area contributed by atoms with Crippen molar-refractivity contribution in [2.45, 2.75) is 33.0 Å². The molecule has 1 aliphatic carbocycles. The van der Waals surface area contributed by atoms with E-state index in [1.807, 2.05) is 20.8 Å². The number of carbonyl (C=O) groups is 1. The highest BCUT2D eigenvalue weighted by Crippen LogP contribution is 2.61.